The van der Waals surface area contributed by atoms with Crippen molar-refractivity contribution in [1.82, 2.24) is 0 Å². The Morgan fingerprint density at radius 3 is 2.26 bits per heavy atom. The summed E-state index contributed by atoms with van der Waals surface area (Å²) in [6.45, 7) is 2.09. The minimum Gasteiger partial charge on any atom is -0.507 e. The van der Waals surface area contributed by atoms with Gasteiger partial charge < -0.3 is 69.3 Å². The van der Waals surface area contributed by atoms with E-state index in [4.69, 9.17) is 32.8 Å². The van der Waals surface area contributed by atoms with Crippen LogP contribution in [0.4, 0.5) is 0 Å². The van der Waals surface area contributed by atoms with Crippen molar-refractivity contribution in [2.75, 3.05) is 13.7 Å². The number of phenolic OH excluding ortho intramolecular Hbond substituents is 3. The third-order valence-corrected chi connectivity index (χ3v) is 7.67. The van der Waals surface area contributed by atoms with Gasteiger partial charge in [0.15, 0.2) is 23.9 Å². The molecule has 0 radical (unpaired) electrons. The highest BCUT2D eigenvalue weighted by Gasteiger charge is 2.49. The molecular weight excluding hydrogens is 616 g/mol. The fourth-order valence-corrected chi connectivity index (χ4v) is 5.26. The van der Waals surface area contributed by atoms with Crippen LogP contribution >= 0.6 is 0 Å². The number of aromatic hydroxyl groups is 3. The largest absolute Gasteiger partial charge is 0.507 e. The van der Waals surface area contributed by atoms with Gasteiger partial charge in [-0.05, 0) is 19.1 Å². The Hall–Kier alpha value is -4.00. The SMILES string of the molecule is COc1cc(-c2[o+]c3cc(O)cc(O)c3cc2O[C@@H]2O[C@H](CO[C@@H]3O[C@@H](C)[C@H](OC(C)=O)[C@@H](O)[C@H]3O)[C@@H](O)[C@H](O)[C@H]2O)ccc1O. The van der Waals surface area contributed by atoms with E-state index in [2.05, 4.69) is 0 Å². The molecule has 0 bridgehead atoms. The minimum atomic E-state index is -1.82. The van der Waals surface area contributed by atoms with Gasteiger partial charge in [0.1, 0.15) is 53.5 Å². The summed E-state index contributed by atoms with van der Waals surface area (Å²) in [6.07, 6.45) is -15.1. The van der Waals surface area contributed by atoms with Gasteiger partial charge in [0, 0.05) is 25.1 Å². The molecule has 16 nitrogen and oxygen atoms in total. The summed E-state index contributed by atoms with van der Waals surface area (Å²) in [5.41, 5.74) is 0.334. The molecular formula is C30H35O16+. The molecule has 2 aliphatic rings. The summed E-state index contributed by atoms with van der Waals surface area (Å²) >= 11 is 0. The molecule has 2 aromatic carbocycles. The molecule has 16 heteroatoms. The van der Waals surface area contributed by atoms with Gasteiger partial charge in [-0.3, -0.25) is 4.79 Å². The van der Waals surface area contributed by atoms with Crippen LogP contribution in [0.15, 0.2) is 40.8 Å². The third kappa shape index (κ3) is 6.60. The van der Waals surface area contributed by atoms with E-state index in [1.807, 2.05) is 0 Å². The number of benzene rings is 2. The summed E-state index contributed by atoms with van der Waals surface area (Å²) in [5, 5.41) is 83.7. The van der Waals surface area contributed by atoms with Gasteiger partial charge in [-0.2, -0.15) is 0 Å². The molecule has 250 valence electrons. The molecule has 0 saturated carbocycles. The monoisotopic (exact) mass is 651 g/mol. The van der Waals surface area contributed by atoms with Gasteiger partial charge in [-0.1, -0.05) is 0 Å². The average molecular weight is 652 g/mol. The molecule has 8 N–H and O–H groups in total. The highest BCUT2D eigenvalue weighted by Crippen LogP contribution is 2.42. The fourth-order valence-electron chi connectivity index (χ4n) is 5.26. The molecule has 2 saturated heterocycles. The van der Waals surface area contributed by atoms with Crippen molar-refractivity contribution in [2.24, 2.45) is 0 Å². The van der Waals surface area contributed by atoms with Crippen molar-refractivity contribution >= 4 is 16.9 Å². The lowest BCUT2D eigenvalue weighted by molar-refractivity contribution is -0.319. The first-order valence-electron chi connectivity index (χ1n) is 14.2. The molecule has 3 aromatic rings. The molecule has 2 aliphatic heterocycles. The number of carbonyl (C=O) groups is 1. The number of aliphatic hydroxyl groups is 5. The molecule has 3 heterocycles. The maximum absolute atomic E-state index is 11.4. The van der Waals surface area contributed by atoms with Crippen molar-refractivity contribution in [3.8, 4) is 40.1 Å². The second-order valence-corrected chi connectivity index (χ2v) is 10.9. The fraction of sp³-hybridized carbons (Fsp3) is 0.467. The van der Waals surface area contributed by atoms with E-state index in [0.29, 0.717) is 5.56 Å². The summed E-state index contributed by atoms with van der Waals surface area (Å²) in [6, 6.07) is 7.84. The van der Waals surface area contributed by atoms with Gasteiger partial charge in [0.05, 0.1) is 31.5 Å². The van der Waals surface area contributed by atoms with E-state index < -0.39 is 74.0 Å². The highest BCUT2D eigenvalue weighted by molar-refractivity contribution is 5.88. The first-order chi connectivity index (χ1) is 21.8. The van der Waals surface area contributed by atoms with Crippen LogP contribution < -0.4 is 9.47 Å². The van der Waals surface area contributed by atoms with Crippen molar-refractivity contribution in [2.45, 2.75) is 75.3 Å². The zero-order valence-corrected chi connectivity index (χ0v) is 24.8. The molecule has 1 aromatic heterocycles. The number of esters is 1. The predicted molar refractivity (Wildman–Crippen MR) is 153 cm³/mol. The molecule has 5 rings (SSSR count). The van der Waals surface area contributed by atoms with E-state index in [-0.39, 0.29) is 45.5 Å². The second-order valence-electron chi connectivity index (χ2n) is 10.9. The number of hydrogen-bond acceptors (Lipinski definition) is 15. The standard InChI is InChI=1S/C30H34O16/c1-11-27(43-12(2)31)24(37)26(39)29(42-11)41-10-21-22(35)23(36)25(38)30(46-21)45-20-9-15-17(34)7-14(32)8-18(15)44-28(20)13-4-5-16(33)19(6-13)40-3/h4-9,11,21-27,29-30,35-39H,10H2,1-3H3,(H2-,32,33,34)/p+1/t11-,21+,22+,23-,24-,25+,26+,27-,29+,30+/m0/s1. The number of methoxy groups -OCH3 is 1. The van der Waals surface area contributed by atoms with E-state index >= 15 is 0 Å². The Balaban J connectivity index is 1.41. The Bertz CT molecular complexity index is 1560. The maximum atomic E-state index is 11.4. The molecule has 0 spiro atoms. The molecule has 0 unspecified atom stereocenters. The van der Waals surface area contributed by atoms with Gasteiger partial charge in [-0.15, -0.1) is 0 Å². The topological polar surface area (TPSA) is 246 Å². The van der Waals surface area contributed by atoms with Gasteiger partial charge in [0.2, 0.25) is 12.0 Å². The number of aliphatic hydroxyl groups excluding tert-OH is 5. The van der Waals surface area contributed by atoms with Crippen LogP contribution in [0.25, 0.3) is 22.3 Å². The molecule has 10 atom stereocenters. The van der Waals surface area contributed by atoms with Crippen molar-refractivity contribution < 1.29 is 78.5 Å². The van der Waals surface area contributed by atoms with Crippen LogP contribution in [0.1, 0.15) is 13.8 Å². The number of ether oxygens (including phenoxy) is 6. The average Bonchev–Trinajstić information content (AvgIpc) is 3.01. The zero-order chi connectivity index (χ0) is 33.4. The molecule has 46 heavy (non-hydrogen) atoms. The van der Waals surface area contributed by atoms with Crippen molar-refractivity contribution in [1.29, 1.82) is 0 Å². The van der Waals surface area contributed by atoms with Crippen LogP contribution in [0.5, 0.6) is 28.7 Å². The zero-order valence-electron chi connectivity index (χ0n) is 24.8. The van der Waals surface area contributed by atoms with E-state index in [1.54, 1.807) is 0 Å². The summed E-state index contributed by atoms with van der Waals surface area (Å²) < 4.78 is 39.0. The van der Waals surface area contributed by atoms with Crippen LogP contribution in [-0.4, -0.2) is 122 Å². The number of rotatable bonds is 8. The Morgan fingerprint density at radius 1 is 0.848 bits per heavy atom. The number of fused-ring (bicyclic) bond motifs is 1. The van der Waals surface area contributed by atoms with Gasteiger partial charge in [0.25, 0.3) is 0 Å². The van der Waals surface area contributed by atoms with E-state index in [0.717, 1.165) is 13.0 Å². The number of carbonyl (C=O) groups excluding carboxylic acids is 1. The first-order valence-corrected chi connectivity index (χ1v) is 14.2. The van der Waals surface area contributed by atoms with Crippen LogP contribution in [-0.2, 0) is 23.7 Å². The lowest BCUT2D eigenvalue weighted by Gasteiger charge is -2.42. The number of hydrogen-bond donors (Lipinski definition) is 8. The summed E-state index contributed by atoms with van der Waals surface area (Å²) in [5.74, 6) is -1.61. The number of phenols is 3. The lowest BCUT2D eigenvalue weighted by atomic mass is 9.98. The maximum Gasteiger partial charge on any atom is 0.402 e. The predicted octanol–water partition coefficient (Wildman–Crippen LogP) is 0.108. The molecule has 0 aliphatic carbocycles. The van der Waals surface area contributed by atoms with Crippen molar-refractivity contribution in [3.63, 3.8) is 0 Å². The van der Waals surface area contributed by atoms with Gasteiger partial charge in [-0.25, -0.2) is 4.42 Å². The lowest BCUT2D eigenvalue weighted by Crippen LogP contribution is -2.62. The molecule has 2 fully saturated rings. The van der Waals surface area contributed by atoms with E-state index in [9.17, 15) is 45.6 Å². The van der Waals surface area contributed by atoms with Gasteiger partial charge >= 0.3 is 17.3 Å². The first kappa shape index (κ1) is 33.4. The van der Waals surface area contributed by atoms with E-state index in [1.165, 1.54) is 44.4 Å². The van der Waals surface area contributed by atoms with Crippen LogP contribution in [0.3, 0.4) is 0 Å². The summed E-state index contributed by atoms with van der Waals surface area (Å²) in [4.78, 5) is 11.4. The van der Waals surface area contributed by atoms with Crippen molar-refractivity contribution in [3.05, 3.63) is 36.4 Å². The Kier molecular flexibility index (Phi) is 9.71. The minimum absolute atomic E-state index is 0.0240. The smallest absolute Gasteiger partial charge is 0.402 e. The Labute approximate surface area is 261 Å². The highest BCUT2D eigenvalue weighted by atomic mass is 16.7. The summed E-state index contributed by atoms with van der Waals surface area (Å²) in [7, 11) is 1.34. The second kappa shape index (κ2) is 13.4. The quantitative estimate of drug-likeness (QED) is 0.119. The third-order valence-electron chi connectivity index (χ3n) is 7.67. The Morgan fingerprint density at radius 2 is 1.57 bits per heavy atom. The van der Waals surface area contributed by atoms with Crippen LogP contribution in [0, 0.1) is 0 Å². The molecule has 0 amide bonds. The normalized spacial score (nSPS) is 31.4. The van der Waals surface area contributed by atoms with Crippen LogP contribution in [0.2, 0.25) is 0 Å².